The predicted octanol–water partition coefficient (Wildman–Crippen LogP) is 1.00. The lowest BCUT2D eigenvalue weighted by molar-refractivity contribution is -0.138. The Morgan fingerprint density at radius 2 is 2.14 bits per heavy atom. The maximum absolute atomic E-state index is 11.8. The number of nitrogens with one attached hydrogen (secondary N) is 1. The molecule has 2 aliphatic heterocycles. The van der Waals surface area contributed by atoms with Crippen molar-refractivity contribution in [3.63, 3.8) is 0 Å². The normalized spacial score (nSPS) is 27.7. The first kappa shape index (κ1) is 13.9. The van der Waals surface area contributed by atoms with Crippen molar-refractivity contribution >= 4 is 11.8 Å². The van der Waals surface area contributed by atoms with E-state index in [4.69, 9.17) is 9.84 Å². The summed E-state index contributed by atoms with van der Waals surface area (Å²) < 4.78 is 5.20. The maximum Gasteiger partial charge on any atom is 0.303 e. The van der Waals surface area contributed by atoms with E-state index >= 15 is 0 Å². The number of piperidine rings is 1. The second-order valence-electron chi connectivity index (χ2n) is 5.82. The van der Waals surface area contributed by atoms with Crippen LogP contribution in [0.1, 0.15) is 32.1 Å². The van der Waals surface area contributed by atoms with Crippen LogP contribution in [0.15, 0.2) is 11.1 Å². The quantitative estimate of drug-likeness (QED) is 0.860. The highest BCUT2D eigenvalue weighted by atomic mass is 16.5. The molecule has 2 N–H and O–H groups in total. The van der Waals surface area contributed by atoms with Crippen LogP contribution in [0.25, 0.3) is 0 Å². The second-order valence-corrected chi connectivity index (χ2v) is 5.82. The standard InChI is InChI=1S/C14H19N3O4/c1-21-12-13(15-7-16-14(12)20)17-9-2-3-10(17)5-8(4-9)6-11(18)19/h7-10H,2-6H2,1H3,(H,18,19)(H,15,16,20). The van der Waals surface area contributed by atoms with Crippen molar-refractivity contribution < 1.29 is 14.6 Å². The Balaban J connectivity index is 1.87. The highest BCUT2D eigenvalue weighted by molar-refractivity contribution is 5.67. The molecule has 0 amide bonds. The van der Waals surface area contributed by atoms with Crippen LogP contribution >= 0.6 is 0 Å². The van der Waals surface area contributed by atoms with E-state index in [1.54, 1.807) is 0 Å². The van der Waals surface area contributed by atoms with Gasteiger partial charge >= 0.3 is 5.97 Å². The summed E-state index contributed by atoms with van der Waals surface area (Å²) in [6.07, 6.45) is 5.31. The Morgan fingerprint density at radius 1 is 1.48 bits per heavy atom. The molecule has 2 atom stereocenters. The molecule has 1 aromatic rings. The van der Waals surface area contributed by atoms with E-state index in [-0.39, 0.29) is 35.7 Å². The Morgan fingerprint density at radius 3 is 2.71 bits per heavy atom. The van der Waals surface area contributed by atoms with Gasteiger partial charge in [0.2, 0.25) is 5.75 Å². The van der Waals surface area contributed by atoms with Crippen LogP contribution in [0.2, 0.25) is 0 Å². The number of hydrogen-bond donors (Lipinski definition) is 2. The summed E-state index contributed by atoms with van der Waals surface area (Å²) >= 11 is 0. The van der Waals surface area contributed by atoms with Crippen LogP contribution in [0.4, 0.5) is 5.82 Å². The molecule has 114 valence electrons. The third-order valence-corrected chi connectivity index (χ3v) is 4.53. The zero-order valence-electron chi connectivity index (χ0n) is 11.9. The van der Waals surface area contributed by atoms with Gasteiger partial charge in [0.05, 0.1) is 13.4 Å². The molecule has 1 aromatic heterocycles. The molecule has 7 nitrogen and oxygen atoms in total. The average Bonchev–Trinajstić information content (AvgIpc) is 2.69. The summed E-state index contributed by atoms with van der Waals surface area (Å²) in [6.45, 7) is 0. The molecule has 0 radical (unpaired) electrons. The zero-order valence-corrected chi connectivity index (χ0v) is 11.9. The number of nitrogens with zero attached hydrogens (tertiary/aromatic N) is 2. The van der Waals surface area contributed by atoms with E-state index < -0.39 is 5.97 Å². The highest BCUT2D eigenvalue weighted by Crippen LogP contribution is 2.43. The SMILES string of the molecule is COc1c(N2C3CCC2CC(CC(=O)O)C3)nc[nH]c1=O. The van der Waals surface area contributed by atoms with Gasteiger partial charge in [0.15, 0.2) is 5.82 Å². The lowest BCUT2D eigenvalue weighted by Gasteiger charge is -2.39. The molecular formula is C14H19N3O4. The third-order valence-electron chi connectivity index (χ3n) is 4.53. The number of methoxy groups -OCH3 is 1. The molecule has 0 aromatic carbocycles. The molecule has 2 fully saturated rings. The molecule has 2 unspecified atom stereocenters. The number of H-pyrrole nitrogens is 1. The average molecular weight is 293 g/mol. The molecule has 0 aliphatic carbocycles. The lowest BCUT2D eigenvalue weighted by Crippen LogP contribution is -2.44. The van der Waals surface area contributed by atoms with Gasteiger partial charge in [-0.05, 0) is 31.6 Å². The van der Waals surface area contributed by atoms with E-state index in [2.05, 4.69) is 14.9 Å². The molecule has 3 rings (SSSR count). The second kappa shape index (κ2) is 5.38. The molecule has 0 spiro atoms. The summed E-state index contributed by atoms with van der Waals surface area (Å²) in [5, 5.41) is 8.97. The van der Waals surface area contributed by atoms with Gasteiger partial charge in [-0.1, -0.05) is 0 Å². The van der Waals surface area contributed by atoms with Crippen LogP contribution in [0.3, 0.4) is 0 Å². The Hall–Kier alpha value is -2.05. The van der Waals surface area contributed by atoms with E-state index in [1.807, 2.05) is 0 Å². The summed E-state index contributed by atoms with van der Waals surface area (Å²) in [7, 11) is 1.47. The molecular weight excluding hydrogens is 274 g/mol. The molecule has 2 aliphatic rings. The van der Waals surface area contributed by atoms with Gasteiger partial charge in [-0.15, -0.1) is 0 Å². The molecule has 21 heavy (non-hydrogen) atoms. The minimum Gasteiger partial charge on any atom is -0.489 e. The number of aromatic nitrogens is 2. The largest absolute Gasteiger partial charge is 0.489 e. The van der Waals surface area contributed by atoms with Gasteiger partial charge in [-0.3, -0.25) is 9.59 Å². The first-order valence-electron chi connectivity index (χ1n) is 7.22. The number of fused-ring (bicyclic) bond motifs is 2. The topological polar surface area (TPSA) is 95.5 Å². The van der Waals surface area contributed by atoms with E-state index in [0.717, 1.165) is 25.7 Å². The number of carboxylic acid groups (broad SMARTS) is 1. The number of ether oxygens (including phenoxy) is 1. The Labute approximate surface area is 121 Å². The van der Waals surface area contributed by atoms with Crippen molar-refractivity contribution in [1.29, 1.82) is 0 Å². The fourth-order valence-corrected chi connectivity index (χ4v) is 3.79. The van der Waals surface area contributed by atoms with Crippen molar-refractivity contribution in [3.8, 4) is 5.75 Å². The van der Waals surface area contributed by atoms with E-state index in [1.165, 1.54) is 13.4 Å². The van der Waals surface area contributed by atoms with Gasteiger partial charge < -0.3 is 19.7 Å². The van der Waals surface area contributed by atoms with Crippen LogP contribution in [0.5, 0.6) is 5.75 Å². The number of anilines is 1. The molecule has 0 saturated carbocycles. The number of hydrogen-bond acceptors (Lipinski definition) is 5. The number of carboxylic acids is 1. The summed E-state index contributed by atoms with van der Waals surface area (Å²) in [5.41, 5.74) is -0.283. The number of aromatic amines is 1. The van der Waals surface area contributed by atoms with Crippen LogP contribution in [0, 0.1) is 5.92 Å². The minimum atomic E-state index is -0.736. The van der Waals surface area contributed by atoms with Crippen molar-refractivity contribution in [2.24, 2.45) is 5.92 Å². The number of rotatable bonds is 4. The number of carbonyl (C=O) groups is 1. The lowest BCUT2D eigenvalue weighted by atomic mass is 9.88. The van der Waals surface area contributed by atoms with Gasteiger partial charge in [0.25, 0.3) is 5.56 Å². The smallest absolute Gasteiger partial charge is 0.303 e. The van der Waals surface area contributed by atoms with Crippen molar-refractivity contribution in [2.75, 3.05) is 12.0 Å². The van der Waals surface area contributed by atoms with Crippen LogP contribution < -0.4 is 15.2 Å². The summed E-state index contributed by atoms with van der Waals surface area (Å²) in [4.78, 5) is 31.7. The predicted molar refractivity (Wildman–Crippen MR) is 75.7 cm³/mol. The number of aliphatic carboxylic acids is 1. The molecule has 2 saturated heterocycles. The van der Waals surface area contributed by atoms with Gasteiger partial charge in [0.1, 0.15) is 0 Å². The maximum atomic E-state index is 11.8. The first-order valence-corrected chi connectivity index (χ1v) is 7.22. The third kappa shape index (κ3) is 2.48. The molecule has 7 heteroatoms. The highest BCUT2D eigenvalue weighted by Gasteiger charge is 2.43. The van der Waals surface area contributed by atoms with Gasteiger partial charge in [-0.2, -0.15) is 0 Å². The Bertz CT molecular complexity index is 586. The van der Waals surface area contributed by atoms with Gasteiger partial charge in [-0.25, -0.2) is 4.98 Å². The van der Waals surface area contributed by atoms with Crippen LogP contribution in [-0.2, 0) is 4.79 Å². The zero-order chi connectivity index (χ0) is 15.0. The fourth-order valence-electron chi connectivity index (χ4n) is 3.79. The van der Waals surface area contributed by atoms with Crippen molar-refractivity contribution in [3.05, 3.63) is 16.7 Å². The summed E-state index contributed by atoms with van der Waals surface area (Å²) in [6, 6.07) is 0.493. The van der Waals surface area contributed by atoms with Crippen molar-refractivity contribution in [2.45, 2.75) is 44.2 Å². The monoisotopic (exact) mass is 293 g/mol. The van der Waals surface area contributed by atoms with E-state index in [0.29, 0.717) is 5.82 Å². The molecule has 2 bridgehead atoms. The Kier molecular flexibility index (Phi) is 3.57. The minimum absolute atomic E-state index is 0.212. The van der Waals surface area contributed by atoms with Crippen molar-refractivity contribution in [1.82, 2.24) is 9.97 Å². The van der Waals surface area contributed by atoms with Gasteiger partial charge in [0, 0.05) is 18.5 Å². The molecule has 3 heterocycles. The summed E-state index contributed by atoms with van der Waals surface area (Å²) in [5.74, 6) is 0.303. The van der Waals surface area contributed by atoms with E-state index in [9.17, 15) is 9.59 Å². The first-order chi connectivity index (χ1) is 10.1. The van der Waals surface area contributed by atoms with Crippen LogP contribution in [-0.4, -0.2) is 40.2 Å². The fraction of sp³-hybridized carbons (Fsp3) is 0.643.